The number of allylic oxidation sites excluding steroid dienone is 6. The van der Waals surface area contributed by atoms with E-state index in [0.29, 0.717) is 0 Å². The highest BCUT2D eigenvalue weighted by Gasteiger charge is 1.98. The molecule has 0 radical (unpaired) electrons. The summed E-state index contributed by atoms with van der Waals surface area (Å²) in [5.74, 6) is 0. The quantitative estimate of drug-likeness (QED) is 0.615. The zero-order chi connectivity index (χ0) is 12.2. The molecule has 1 aliphatic carbocycles. The van der Waals surface area contributed by atoms with Crippen molar-refractivity contribution in [2.24, 2.45) is 0 Å². The van der Waals surface area contributed by atoms with Crippen LogP contribution in [0.15, 0.2) is 35.5 Å². The Kier molecular flexibility index (Phi) is 10.1. The van der Waals surface area contributed by atoms with Crippen LogP contribution in [0.2, 0.25) is 0 Å². The van der Waals surface area contributed by atoms with Crippen LogP contribution in [0.1, 0.15) is 46.5 Å². The standard InChI is InChI=1S/C13H20O.C2H6/c1-12-7-6-9-13(11-12)8-4-3-5-10-14-2;1-2/h4,7-8,11H,3,5-6,9-10H2,1-2H3;1-2H3/b8-4+;. The third kappa shape index (κ3) is 7.47. The van der Waals surface area contributed by atoms with E-state index in [9.17, 15) is 0 Å². The molecule has 16 heavy (non-hydrogen) atoms. The Balaban J connectivity index is 0.00000106. The maximum absolute atomic E-state index is 4.99. The highest BCUT2D eigenvalue weighted by atomic mass is 16.5. The van der Waals surface area contributed by atoms with Gasteiger partial charge in [0.25, 0.3) is 0 Å². The summed E-state index contributed by atoms with van der Waals surface area (Å²) in [6, 6.07) is 0. The van der Waals surface area contributed by atoms with Crippen molar-refractivity contribution >= 4 is 0 Å². The minimum Gasteiger partial charge on any atom is -0.385 e. The van der Waals surface area contributed by atoms with Crippen LogP contribution in [0, 0.1) is 0 Å². The van der Waals surface area contributed by atoms with Crippen molar-refractivity contribution in [2.75, 3.05) is 13.7 Å². The molecule has 1 aliphatic rings. The molecule has 1 nitrogen and oxygen atoms in total. The van der Waals surface area contributed by atoms with Crippen molar-refractivity contribution in [1.29, 1.82) is 0 Å². The lowest BCUT2D eigenvalue weighted by Crippen LogP contribution is -1.88. The second kappa shape index (κ2) is 10.7. The van der Waals surface area contributed by atoms with Gasteiger partial charge in [-0.25, -0.2) is 0 Å². The SMILES string of the molecule is CC.COCCC/C=C/C1=CC(C)=CCC1. The maximum atomic E-state index is 4.99. The van der Waals surface area contributed by atoms with Crippen molar-refractivity contribution in [3.8, 4) is 0 Å². The zero-order valence-electron chi connectivity index (χ0n) is 11.3. The molecule has 0 atom stereocenters. The highest BCUT2D eigenvalue weighted by molar-refractivity contribution is 5.32. The molecule has 0 unspecified atom stereocenters. The van der Waals surface area contributed by atoms with Crippen LogP contribution in [0.5, 0.6) is 0 Å². The largest absolute Gasteiger partial charge is 0.385 e. The fourth-order valence-electron chi connectivity index (χ4n) is 1.60. The smallest absolute Gasteiger partial charge is 0.0465 e. The summed E-state index contributed by atoms with van der Waals surface area (Å²) in [7, 11) is 1.75. The Morgan fingerprint density at radius 2 is 2.12 bits per heavy atom. The van der Waals surface area contributed by atoms with Crippen molar-refractivity contribution in [2.45, 2.75) is 46.5 Å². The third-order valence-corrected chi connectivity index (χ3v) is 2.36. The van der Waals surface area contributed by atoms with Gasteiger partial charge in [-0.05, 0) is 38.2 Å². The topological polar surface area (TPSA) is 9.23 Å². The van der Waals surface area contributed by atoms with Gasteiger partial charge in [0.1, 0.15) is 0 Å². The second-order valence-corrected chi connectivity index (χ2v) is 3.74. The second-order valence-electron chi connectivity index (χ2n) is 3.74. The van der Waals surface area contributed by atoms with E-state index in [1.54, 1.807) is 7.11 Å². The molecular formula is C15H26O. The molecule has 0 saturated carbocycles. The van der Waals surface area contributed by atoms with Crippen LogP contribution >= 0.6 is 0 Å². The molecule has 0 heterocycles. The van der Waals surface area contributed by atoms with Crippen molar-refractivity contribution in [1.82, 2.24) is 0 Å². The van der Waals surface area contributed by atoms with Crippen LogP contribution in [0.25, 0.3) is 0 Å². The normalized spacial score (nSPS) is 15.2. The molecule has 1 rings (SSSR count). The van der Waals surface area contributed by atoms with E-state index < -0.39 is 0 Å². The lowest BCUT2D eigenvalue weighted by atomic mass is 10.00. The summed E-state index contributed by atoms with van der Waals surface area (Å²) < 4.78 is 4.99. The number of hydrogen-bond acceptors (Lipinski definition) is 1. The summed E-state index contributed by atoms with van der Waals surface area (Å²) in [6.45, 7) is 7.03. The Labute approximate surface area is 101 Å². The summed E-state index contributed by atoms with van der Waals surface area (Å²) in [4.78, 5) is 0. The summed E-state index contributed by atoms with van der Waals surface area (Å²) in [6.07, 6.45) is 13.7. The monoisotopic (exact) mass is 222 g/mol. The Bertz CT molecular complexity index is 246. The fraction of sp³-hybridized carbons (Fsp3) is 0.600. The predicted octanol–water partition coefficient (Wildman–Crippen LogP) is 4.66. The van der Waals surface area contributed by atoms with E-state index in [2.05, 4.69) is 31.2 Å². The van der Waals surface area contributed by atoms with Gasteiger partial charge in [0.2, 0.25) is 0 Å². The predicted molar refractivity (Wildman–Crippen MR) is 72.7 cm³/mol. The third-order valence-electron chi connectivity index (χ3n) is 2.36. The number of methoxy groups -OCH3 is 1. The van der Waals surface area contributed by atoms with Crippen molar-refractivity contribution in [3.63, 3.8) is 0 Å². The van der Waals surface area contributed by atoms with Gasteiger partial charge in [0.05, 0.1) is 0 Å². The van der Waals surface area contributed by atoms with Crippen molar-refractivity contribution in [3.05, 3.63) is 35.5 Å². The highest BCUT2D eigenvalue weighted by Crippen LogP contribution is 2.17. The van der Waals surface area contributed by atoms with Crippen LogP contribution in [0.4, 0.5) is 0 Å². The summed E-state index contributed by atoms with van der Waals surface area (Å²) >= 11 is 0. The van der Waals surface area contributed by atoms with Gasteiger partial charge >= 0.3 is 0 Å². The Morgan fingerprint density at radius 1 is 1.38 bits per heavy atom. The van der Waals surface area contributed by atoms with Gasteiger partial charge in [0, 0.05) is 13.7 Å². The van der Waals surface area contributed by atoms with E-state index in [1.165, 1.54) is 24.0 Å². The first kappa shape index (κ1) is 15.2. The minimum absolute atomic E-state index is 0.863. The summed E-state index contributed by atoms with van der Waals surface area (Å²) in [5.41, 5.74) is 2.86. The molecule has 0 saturated heterocycles. The average molecular weight is 222 g/mol. The molecule has 0 aromatic rings. The molecular weight excluding hydrogens is 196 g/mol. The van der Waals surface area contributed by atoms with E-state index in [0.717, 1.165) is 19.4 Å². The fourth-order valence-corrected chi connectivity index (χ4v) is 1.60. The zero-order valence-corrected chi connectivity index (χ0v) is 11.3. The Morgan fingerprint density at radius 3 is 2.75 bits per heavy atom. The molecule has 0 spiro atoms. The van der Waals surface area contributed by atoms with Gasteiger partial charge in [-0.1, -0.05) is 43.7 Å². The molecule has 0 N–H and O–H groups in total. The number of unbranched alkanes of at least 4 members (excludes halogenated alkanes) is 1. The minimum atomic E-state index is 0.863. The van der Waals surface area contributed by atoms with Gasteiger partial charge in [0.15, 0.2) is 0 Å². The van der Waals surface area contributed by atoms with Gasteiger partial charge in [-0.2, -0.15) is 0 Å². The first-order chi connectivity index (χ1) is 7.83. The molecule has 0 fully saturated rings. The molecule has 92 valence electrons. The summed E-state index contributed by atoms with van der Waals surface area (Å²) in [5, 5.41) is 0. The van der Waals surface area contributed by atoms with E-state index in [4.69, 9.17) is 4.74 Å². The maximum Gasteiger partial charge on any atom is 0.0465 e. The average Bonchev–Trinajstić information content (AvgIpc) is 2.32. The van der Waals surface area contributed by atoms with Crippen molar-refractivity contribution < 1.29 is 4.74 Å². The first-order valence-corrected chi connectivity index (χ1v) is 6.36. The molecule has 0 aromatic carbocycles. The lowest BCUT2D eigenvalue weighted by molar-refractivity contribution is 0.196. The number of hydrogen-bond donors (Lipinski definition) is 0. The van der Waals surface area contributed by atoms with Gasteiger partial charge in [-0.15, -0.1) is 0 Å². The van der Waals surface area contributed by atoms with E-state index in [-0.39, 0.29) is 0 Å². The van der Waals surface area contributed by atoms with Gasteiger partial charge < -0.3 is 4.74 Å². The van der Waals surface area contributed by atoms with E-state index in [1.807, 2.05) is 13.8 Å². The molecule has 0 aromatic heterocycles. The van der Waals surface area contributed by atoms with Gasteiger partial charge in [-0.3, -0.25) is 0 Å². The molecule has 0 bridgehead atoms. The molecule has 0 aliphatic heterocycles. The van der Waals surface area contributed by atoms with E-state index >= 15 is 0 Å². The first-order valence-electron chi connectivity index (χ1n) is 6.36. The molecule has 0 amide bonds. The van der Waals surface area contributed by atoms with Crippen LogP contribution in [-0.4, -0.2) is 13.7 Å². The van der Waals surface area contributed by atoms with Crippen LogP contribution in [-0.2, 0) is 4.74 Å². The van der Waals surface area contributed by atoms with Crippen LogP contribution < -0.4 is 0 Å². The number of rotatable bonds is 5. The number of ether oxygens (including phenoxy) is 1. The lowest BCUT2D eigenvalue weighted by Gasteiger charge is -2.07. The molecule has 1 heteroatoms. The van der Waals surface area contributed by atoms with Crippen LogP contribution in [0.3, 0.4) is 0 Å². The Hall–Kier alpha value is -0.820.